The van der Waals surface area contributed by atoms with E-state index >= 15 is 0 Å². The van der Waals surface area contributed by atoms with Crippen molar-refractivity contribution in [3.05, 3.63) is 29.8 Å². The maximum Gasteiger partial charge on any atom is 0.234 e. The number of nitrogens with zero attached hydrogens (tertiary/aromatic N) is 1. The van der Waals surface area contributed by atoms with E-state index in [0.29, 0.717) is 26.2 Å². The summed E-state index contributed by atoms with van der Waals surface area (Å²) in [5, 5.41) is 12.8. The van der Waals surface area contributed by atoms with Crippen molar-refractivity contribution in [3.63, 3.8) is 0 Å². The highest BCUT2D eigenvalue weighted by Crippen LogP contribution is 2.17. The molecule has 1 aliphatic rings. The fourth-order valence-corrected chi connectivity index (χ4v) is 2.84. The SMILES string of the molecule is CCO[C@@H]1CN(CC(=O)NCCc2ccccc2OC)C[C@H]1O. The topological polar surface area (TPSA) is 71.0 Å². The van der Waals surface area contributed by atoms with Crippen molar-refractivity contribution in [2.75, 3.05) is 39.9 Å². The minimum Gasteiger partial charge on any atom is -0.496 e. The van der Waals surface area contributed by atoms with Gasteiger partial charge in [-0.05, 0) is 25.0 Å². The van der Waals surface area contributed by atoms with Crippen LogP contribution in [-0.4, -0.2) is 68.0 Å². The molecule has 0 aromatic heterocycles. The van der Waals surface area contributed by atoms with Gasteiger partial charge in [-0.3, -0.25) is 9.69 Å². The number of likely N-dealkylation sites (tertiary alicyclic amines) is 1. The van der Waals surface area contributed by atoms with Crippen LogP contribution in [0, 0.1) is 0 Å². The van der Waals surface area contributed by atoms with E-state index in [0.717, 1.165) is 17.7 Å². The molecule has 0 unspecified atom stereocenters. The summed E-state index contributed by atoms with van der Waals surface area (Å²) in [5.41, 5.74) is 1.07. The number of aliphatic hydroxyl groups is 1. The zero-order valence-corrected chi connectivity index (χ0v) is 13.8. The van der Waals surface area contributed by atoms with Gasteiger partial charge in [0.25, 0.3) is 0 Å². The maximum absolute atomic E-state index is 12.0. The molecule has 1 heterocycles. The van der Waals surface area contributed by atoms with Gasteiger partial charge in [0.2, 0.25) is 5.91 Å². The summed E-state index contributed by atoms with van der Waals surface area (Å²) in [6.07, 6.45) is 0.0117. The molecule has 23 heavy (non-hydrogen) atoms. The van der Waals surface area contributed by atoms with Crippen molar-refractivity contribution in [2.45, 2.75) is 25.6 Å². The normalized spacial score (nSPS) is 21.3. The summed E-state index contributed by atoms with van der Waals surface area (Å²) >= 11 is 0. The molecule has 128 valence electrons. The fourth-order valence-electron chi connectivity index (χ4n) is 2.84. The van der Waals surface area contributed by atoms with Gasteiger partial charge in [0.15, 0.2) is 0 Å². The molecule has 0 saturated carbocycles. The van der Waals surface area contributed by atoms with E-state index in [1.54, 1.807) is 7.11 Å². The lowest BCUT2D eigenvalue weighted by molar-refractivity contribution is -0.122. The first-order chi connectivity index (χ1) is 11.1. The molecule has 0 bridgehead atoms. The summed E-state index contributed by atoms with van der Waals surface area (Å²) < 4.78 is 10.7. The summed E-state index contributed by atoms with van der Waals surface area (Å²) in [4.78, 5) is 13.9. The Labute approximate surface area is 137 Å². The highest BCUT2D eigenvalue weighted by molar-refractivity contribution is 5.78. The third kappa shape index (κ3) is 5.20. The van der Waals surface area contributed by atoms with Crippen molar-refractivity contribution in [2.24, 2.45) is 0 Å². The minimum atomic E-state index is -0.517. The zero-order chi connectivity index (χ0) is 16.7. The van der Waals surface area contributed by atoms with Gasteiger partial charge >= 0.3 is 0 Å². The number of rotatable bonds is 8. The van der Waals surface area contributed by atoms with Crippen molar-refractivity contribution < 1.29 is 19.4 Å². The Kier molecular flexibility index (Phi) is 6.83. The number of benzene rings is 1. The van der Waals surface area contributed by atoms with Gasteiger partial charge in [-0.15, -0.1) is 0 Å². The lowest BCUT2D eigenvalue weighted by Crippen LogP contribution is -2.37. The van der Waals surface area contributed by atoms with E-state index in [9.17, 15) is 9.90 Å². The van der Waals surface area contributed by atoms with Crippen LogP contribution in [0.25, 0.3) is 0 Å². The average molecular weight is 322 g/mol. The maximum atomic E-state index is 12.0. The van der Waals surface area contributed by atoms with Gasteiger partial charge in [-0.1, -0.05) is 18.2 Å². The Morgan fingerprint density at radius 2 is 2.17 bits per heavy atom. The van der Waals surface area contributed by atoms with E-state index in [1.165, 1.54) is 0 Å². The Bertz CT molecular complexity index is 509. The molecule has 1 saturated heterocycles. The third-order valence-corrected chi connectivity index (χ3v) is 3.97. The Balaban J connectivity index is 1.71. The van der Waals surface area contributed by atoms with Gasteiger partial charge in [0, 0.05) is 26.2 Å². The number of carbonyl (C=O) groups is 1. The van der Waals surface area contributed by atoms with Crippen molar-refractivity contribution in [3.8, 4) is 5.75 Å². The van der Waals surface area contributed by atoms with Crippen molar-refractivity contribution >= 4 is 5.91 Å². The van der Waals surface area contributed by atoms with Crippen LogP contribution in [0.1, 0.15) is 12.5 Å². The molecular weight excluding hydrogens is 296 g/mol. The first-order valence-electron chi connectivity index (χ1n) is 8.04. The van der Waals surface area contributed by atoms with Crippen LogP contribution in [0.2, 0.25) is 0 Å². The van der Waals surface area contributed by atoms with E-state index in [-0.39, 0.29) is 18.6 Å². The molecule has 1 aliphatic heterocycles. The molecule has 0 spiro atoms. The number of amides is 1. The van der Waals surface area contributed by atoms with E-state index in [2.05, 4.69) is 5.32 Å². The van der Waals surface area contributed by atoms with Crippen LogP contribution < -0.4 is 10.1 Å². The van der Waals surface area contributed by atoms with Gasteiger partial charge in [-0.2, -0.15) is 0 Å². The lowest BCUT2D eigenvalue weighted by Gasteiger charge is -2.15. The summed E-state index contributed by atoms with van der Waals surface area (Å²) in [5.74, 6) is 0.799. The predicted octanol–water partition coefficient (Wildman–Crippen LogP) is 0.436. The molecule has 1 fully saturated rings. The summed E-state index contributed by atoms with van der Waals surface area (Å²) in [6.45, 7) is 4.39. The first kappa shape index (κ1) is 17.7. The molecule has 2 atom stereocenters. The molecule has 0 aliphatic carbocycles. The van der Waals surface area contributed by atoms with E-state index < -0.39 is 6.10 Å². The lowest BCUT2D eigenvalue weighted by atomic mass is 10.1. The molecule has 6 heteroatoms. The second kappa shape index (κ2) is 8.86. The van der Waals surface area contributed by atoms with Crippen LogP contribution in [0.4, 0.5) is 0 Å². The number of carbonyl (C=O) groups excluding carboxylic acids is 1. The van der Waals surface area contributed by atoms with Gasteiger partial charge in [0.05, 0.1) is 25.9 Å². The molecule has 0 radical (unpaired) electrons. The summed E-state index contributed by atoms with van der Waals surface area (Å²) in [7, 11) is 1.64. The number of hydrogen-bond acceptors (Lipinski definition) is 5. The van der Waals surface area contributed by atoms with Crippen LogP contribution >= 0.6 is 0 Å². The largest absolute Gasteiger partial charge is 0.496 e. The smallest absolute Gasteiger partial charge is 0.234 e. The highest BCUT2D eigenvalue weighted by Gasteiger charge is 2.32. The van der Waals surface area contributed by atoms with E-state index in [1.807, 2.05) is 36.1 Å². The fraction of sp³-hybridized carbons (Fsp3) is 0.588. The van der Waals surface area contributed by atoms with Gasteiger partial charge in [-0.25, -0.2) is 0 Å². The number of ether oxygens (including phenoxy) is 2. The number of nitrogens with one attached hydrogen (secondary N) is 1. The second-order valence-corrected chi connectivity index (χ2v) is 5.67. The third-order valence-electron chi connectivity index (χ3n) is 3.97. The van der Waals surface area contributed by atoms with Crippen LogP contribution in [-0.2, 0) is 16.0 Å². The highest BCUT2D eigenvalue weighted by atomic mass is 16.5. The van der Waals surface area contributed by atoms with Crippen LogP contribution in [0.5, 0.6) is 5.75 Å². The van der Waals surface area contributed by atoms with Crippen molar-refractivity contribution in [1.29, 1.82) is 0 Å². The average Bonchev–Trinajstić information content (AvgIpc) is 2.87. The molecule has 6 nitrogen and oxygen atoms in total. The molecule has 1 amide bonds. The van der Waals surface area contributed by atoms with Crippen molar-refractivity contribution in [1.82, 2.24) is 10.2 Å². The Hall–Kier alpha value is -1.63. The quantitative estimate of drug-likeness (QED) is 0.726. The number of β-amino-alcohol motifs (C(OH)–C–C–N with tert-alkyl or cyclic N) is 1. The molecule has 2 rings (SSSR count). The number of hydrogen-bond donors (Lipinski definition) is 2. The number of methoxy groups -OCH3 is 1. The molecule has 2 N–H and O–H groups in total. The Morgan fingerprint density at radius 3 is 2.91 bits per heavy atom. The van der Waals surface area contributed by atoms with E-state index in [4.69, 9.17) is 9.47 Å². The van der Waals surface area contributed by atoms with Crippen LogP contribution in [0.15, 0.2) is 24.3 Å². The number of para-hydroxylation sites is 1. The van der Waals surface area contributed by atoms with Gasteiger partial charge in [0.1, 0.15) is 5.75 Å². The first-order valence-corrected chi connectivity index (χ1v) is 8.04. The molecule has 1 aromatic rings. The zero-order valence-electron chi connectivity index (χ0n) is 13.8. The Morgan fingerprint density at radius 1 is 1.39 bits per heavy atom. The standard InChI is InChI=1S/C17H26N2O4/c1-3-23-16-11-19(10-14(16)20)12-17(21)18-9-8-13-6-4-5-7-15(13)22-2/h4-7,14,16,20H,3,8-12H2,1-2H3,(H,18,21)/t14-,16-/m1/s1. The number of aliphatic hydroxyl groups excluding tert-OH is 1. The predicted molar refractivity (Wildman–Crippen MR) is 87.6 cm³/mol. The summed E-state index contributed by atoms with van der Waals surface area (Å²) in [6, 6.07) is 7.79. The molecule has 1 aromatic carbocycles. The minimum absolute atomic E-state index is 0.0377. The monoisotopic (exact) mass is 322 g/mol. The second-order valence-electron chi connectivity index (χ2n) is 5.67. The molecular formula is C17H26N2O4. The van der Waals surface area contributed by atoms with Gasteiger partial charge < -0.3 is 19.9 Å². The van der Waals surface area contributed by atoms with Crippen LogP contribution in [0.3, 0.4) is 0 Å².